The monoisotopic (exact) mass is 274 g/mol. The van der Waals surface area contributed by atoms with Gasteiger partial charge in [-0.2, -0.15) is 0 Å². The molecule has 0 N–H and O–H groups in total. The maximum absolute atomic E-state index is 12.0. The summed E-state index contributed by atoms with van der Waals surface area (Å²) in [7, 11) is 0. The van der Waals surface area contributed by atoms with Crippen LogP contribution < -0.4 is 0 Å². The van der Waals surface area contributed by atoms with Gasteiger partial charge in [0.1, 0.15) is 0 Å². The van der Waals surface area contributed by atoms with Crippen LogP contribution in [-0.4, -0.2) is 53.6 Å². The molecule has 0 atom stereocenters. The number of Topliss-reactive ketones (excluding diaryl/α,β-unsaturated/α-hetero) is 1. The topological polar surface area (TPSA) is 57.7 Å². The third-order valence-corrected chi connectivity index (χ3v) is 3.44. The Morgan fingerprint density at radius 1 is 1.05 bits per heavy atom. The normalized spacial score (nSPS) is 15.7. The smallest absolute Gasteiger partial charge is 0.242 e. The Morgan fingerprint density at radius 3 is 2.30 bits per heavy atom. The molecule has 1 heterocycles. The van der Waals surface area contributed by atoms with Gasteiger partial charge in [-0.1, -0.05) is 30.3 Å². The predicted molar refractivity (Wildman–Crippen MR) is 74.2 cm³/mol. The fourth-order valence-electron chi connectivity index (χ4n) is 2.20. The van der Waals surface area contributed by atoms with Gasteiger partial charge in [0.2, 0.25) is 11.8 Å². The van der Waals surface area contributed by atoms with E-state index < -0.39 is 0 Å². The summed E-state index contributed by atoms with van der Waals surface area (Å²) in [6.45, 7) is 2.89. The van der Waals surface area contributed by atoms with Gasteiger partial charge in [0.25, 0.3) is 0 Å². The number of hydrogen-bond acceptors (Lipinski definition) is 3. The first-order valence-electron chi connectivity index (χ1n) is 6.75. The fourth-order valence-corrected chi connectivity index (χ4v) is 2.20. The van der Waals surface area contributed by atoms with E-state index in [-0.39, 0.29) is 37.1 Å². The lowest BCUT2D eigenvalue weighted by molar-refractivity contribution is -0.149. The summed E-state index contributed by atoms with van der Waals surface area (Å²) in [5.74, 6) is -0.157. The van der Waals surface area contributed by atoms with E-state index in [0.29, 0.717) is 18.7 Å². The summed E-state index contributed by atoms with van der Waals surface area (Å²) < 4.78 is 0. The second-order valence-corrected chi connectivity index (χ2v) is 4.76. The summed E-state index contributed by atoms with van der Waals surface area (Å²) in [6.07, 6.45) is 0.245. The Kier molecular flexibility index (Phi) is 4.50. The van der Waals surface area contributed by atoms with Crippen molar-refractivity contribution in [3.63, 3.8) is 0 Å². The highest BCUT2D eigenvalue weighted by Gasteiger charge is 2.28. The number of nitrogens with zero attached hydrogens (tertiary/aromatic N) is 2. The Labute approximate surface area is 118 Å². The lowest BCUT2D eigenvalue weighted by atomic mass is 10.1. The summed E-state index contributed by atoms with van der Waals surface area (Å²) in [5, 5.41) is 0. The highest BCUT2D eigenvalue weighted by atomic mass is 16.2. The van der Waals surface area contributed by atoms with Crippen molar-refractivity contribution in [2.24, 2.45) is 0 Å². The van der Waals surface area contributed by atoms with Crippen LogP contribution in [0.4, 0.5) is 0 Å². The van der Waals surface area contributed by atoms with E-state index in [2.05, 4.69) is 0 Å². The maximum Gasteiger partial charge on any atom is 0.242 e. The average molecular weight is 274 g/mol. The SMILES string of the molecule is CCN1CC(=O)N(CCC(=O)c2ccccc2)CC1=O. The van der Waals surface area contributed by atoms with Gasteiger partial charge in [-0.25, -0.2) is 0 Å². The van der Waals surface area contributed by atoms with Crippen molar-refractivity contribution in [3.8, 4) is 0 Å². The first-order chi connectivity index (χ1) is 9.61. The third kappa shape index (κ3) is 3.23. The molecule has 1 aromatic carbocycles. The van der Waals surface area contributed by atoms with E-state index in [1.165, 1.54) is 9.80 Å². The molecule has 2 rings (SSSR count). The van der Waals surface area contributed by atoms with Gasteiger partial charge in [0.05, 0.1) is 13.1 Å². The summed E-state index contributed by atoms with van der Waals surface area (Å²) in [6, 6.07) is 8.97. The van der Waals surface area contributed by atoms with Crippen molar-refractivity contribution >= 4 is 17.6 Å². The molecule has 0 unspecified atom stereocenters. The fraction of sp³-hybridized carbons (Fsp3) is 0.400. The van der Waals surface area contributed by atoms with Crippen LogP contribution >= 0.6 is 0 Å². The van der Waals surface area contributed by atoms with E-state index >= 15 is 0 Å². The first-order valence-corrected chi connectivity index (χ1v) is 6.75. The van der Waals surface area contributed by atoms with Gasteiger partial charge in [0, 0.05) is 25.1 Å². The second kappa shape index (κ2) is 6.32. The van der Waals surface area contributed by atoms with Crippen molar-refractivity contribution in [1.29, 1.82) is 0 Å². The summed E-state index contributed by atoms with van der Waals surface area (Å²) in [4.78, 5) is 38.6. The molecule has 5 nitrogen and oxygen atoms in total. The lowest BCUT2D eigenvalue weighted by Crippen LogP contribution is -2.53. The molecule has 1 fully saturated rings. The molecule has 0 aliphatic carbocycles. The van der Waals surface area contributed by atoms with Crippen molar-refractivity contribution < 1.29 is 14.4 Å². The molecule has 1 aliphatic rings. The molecule has 1 aromatic rings. The first kappa shape index (κ1) is 14.2. The van der Waals surface area contributed by atoms with Crippen LogP contribution in [0, 0.1) is 0 Å². The Hall–Kier alpha value is -2.17. The molecule has 2 amide bonds. The zero-order valence-electron chi connectivity index (χ0n) is 11.5. The number of benzene rings is 1. The van der Waals surface area contributed by atoms with E-state index in [0.717, 1.165) is 0 Å². The van der Waals surface area contributed by atoms with Crippen molar-refractivity contribution in [1.82, 2.24) is 9.80 Å². The number of ketones is 1. The van der Waals surface area contributed by atoms with Crippen LogP contribution in [0.2, 0.25) is 0 Å². The van der Waals surface area contributed by atoms with Gasteiger partial charge in [0.15, 0.2) is 5.78 Å². The van der Waals surface area contributed by atoms with Crippen molar-refractivity contribution in [2.45, 2.75) is 13.3 Å². The number of carbonyl (C=O) groups is 3. The van der Waals surface area contributed by atoms with Crippen molar-refractivity contribution in [2.75, 3.05) is 26.2 Å². The summed E-state index contributed by atoms with van der Waals surface area (Å²) >= 11 is 0. The Balaban J connectivity index is 1.90. The third-order valence-electron chi connectivity index (χ3n) is 3.44. The number of amides is 2. The van der Waals surface area contributed by atoms with E-state index in [9.17, 15) is 14.4 Å². The molecule has 0 bridgehead atoms. The zero-order chi connectivity index (χ0) is 14.5. The highest BCUT2D eigenvalue weighted by Crippen LogP contribution is 2.08. The molecule has 0 saturated carbocycles. The van der Waals surface area contributed by atoms with Crippen LogP contribution in [0.3, 0.4) is 0 Å². The Morgan fingerprint density at radius 2 is 1.65 bits per heavy atom. The van der Waals surface area contributed by atoms with Crippen molar-refractivity contribution in [3.05, 3.63) is 35.9 Å². The van der Waals surface area contributed by atoms with Gasteiger partial charge in [-0.3, -0.25) is 14.4 Å². The average Bonchev–Trinajstić information content (AvgIpc) is 2.48. The van der Waals surface area contributed by atoms with Gasteiger partial charge in [-0.05, 0) is 6.92 Å². The minimum absolute atomic E-state index is 0.0104. The standard InChI is InChI=1S/C15H18N2O3/c1-2-16-10-15(20)17(11-14(16)19)9-8-13(18)12-6-4-3-5-7-12/h3-7H,2,8-11H2,1H3. The van der Waals surface area contributed by atoms with E-state index in [4.69, 9.17) is 0 Å². The highest BCUT2D eigenvalue weighted by molar-refractivity contribution is 5.97. The van der Waals surface area contributed by atoms with Crippen LogP contribution in [0.15, 0.2) is 30.3 Å². The molecule has 1 saturated heterocycles. The van der Waals surface area contributed by atoms with Crippen LogP contribution in [0.25, 0.3) is 0 Å². The molecule has 20 heavy (non-hydrogen) atoms. The quantitative estimate of drug-likeness (QED) is 0.751. The second-order valence-electron chi connectivity index (χ2n) is 4.76. The molecule has 5 heteroatoms. The maximum atomic E-state index is 12.0. The largest absolute Gasteiger partial charge is 0.332 e. The molecule has 1 aliphatic heterocycles. The number of rotatable bonds is 5. The van der Waals surface area contributed by atoms with Gasteiger partial charge >= 0.3 is 0 Å². The van der Waals surface area contributed by atoms with E-state index in [1.54, 1.807) is 12.1 Å². The molecular formula is C15H18N2O3. The zero-order valence-corrected chi connectivity index (χ0v) is 11.5. The minimum atomic E-state index is -0.0905. The van der Waals surface area contributed by atoms with Crippen LogP contribution in [0.5, 0.6) is 0 Å². The van der Waals surface area contributed by atoms with E-state index in [1.807, 2.05) is 25.1 Å². The predicted octanol–water partition coefficient (Wildman–Crippen LogP) is 0.950. The molecular weight excluding hydrogens is 256 g/mol. The minimum Gasteiger partial charge on any atom is -0.332 e. The lowest BCUT2D eigenvalue weighted by Gasteiger charge is -2.33. The van der Waals surface area contributed by atoms with Crippen LogP contribution in [0.1, 0.15) is 23.7 Å². The number of hydrogen-bond donors (Lipinski definition) is 0. The number of carbonyl (C=O) groups excluding carboxylic acids is 3. The summed E-state index contributed by atoms with van der Waals surface area (Å²) in [5.41, 5.74) is 0.637. The van der Waals surface area contributed by atoms with Crippen LogP contribution in [-0.2, 0) is 9.59 Å². The number of piperazine rings is 1. The number of likely N-dealkylation sites (N-methyl/N-ethyl adjacent to an activating group) is 1. The molecule has 0 radical (unpaired) electrons. The van der Waals surface area contributed by atoms with Gasteiger partial charge in [-0.15, -0.1) is 0 Å². The molecule has 106 valence electrons. The Bertz CT molecular complexity index is 513. The molecule has 0 spiro atoms. The van der Waals surface area contributed by atoms with Gasteiger partial charge < -0.3 is 9.80 Å². The molecule has 0 aromatic heterocycles.